The van der Waals surface area contributed by atoms with Crippen LogP contribution in [0.4, 0.5) is 11.4 Å². The summed E-state index contributed by atoms with van der Waals surface area (Å²) in [7, 11) is 0. The lowest BCUT2D eigenvalue weighted by Crippen LogP contribution is -2.56. The Hall–Kier alpha value is -3.17. The molecule has 1 spiro atoms. The number of aliphatic hydroxyl groups excluding tert-OH is 1. The van der Waals surface area contributed by atoms with E-state index >= 15 is 0 Å². The Bertz CT molecular complexity index is 1150. The number of likely N-dealkylation sites (tertiary alicyclic amines) is 1. The van der Waals surface area contributed by atoms with Crippen molar-refractivity contribution in [2.75, 3.05) is 49.2 Å². The zero-order valence-corrected chi connectivity index (χ0v) is 25.4. The van der Waals surface area contributed by atoms with Gasteiger partial charge in [-0.1, -0.05) is 19.1 Å². The molecule has 2 bridgehead atoms. The van der Waals surface area contributed by atoms with Gasteiger partial charge in [-0.2, -0.15) is 0 Å². The van der Waals surface area contributed by atoms with Crippen LogP contribution in [0.25, 0.3) is 0 Å². The number of esters is 1. The molecule has 9 heteroatoms. The number of amides is 2. The highest BCUT2D eigenvalue weighted by molar-refractivity contribution is 6.05. The third-order valence-corrected chi connectivity index (χ3v) is 9.39. The van der Waals surface area contributed by atoms with Gasteiger partial charge in [0.05, 0.1) is 18.1 Å². The van der Waals surface area contributed by atoms with Crippen molar-refractivity contribution in [2.24, 2.45) is 11.8 Å². The molecule has 0 aliphatic carbocycles. The molecule has 9 nitrogen and oxygen atoms in total. The maximum atomic E-state index is 14.6. The molecule has 1 aromatic carbocycles. The van der Waals surface area contributed by atoms with Gasteiger partial charge >= 0.3 is 5.97 Å². The summed E-state index contributed by atoms with van der Waals surface area (Å²) in [6.07, 6.45) is 6.73. The van der Waals surface area contributed by atoms with E-state index in [1.807, 2.05) is 31.2 Å². The second kappa shape index (κ2) is 13.4. The van der Waals surface area contributed by atoms with E-state index in [0.29, 0.717) is 37.8 Å². The highest BCUT2D eigenvalue weighted by Gasteiger charge is 2.79. The molecule has 3 aliphatic heterocycles. The minimum atomic E-state index is -1.15. The predicted molar refractivity (Wildman–Crippen MR) is 163 cm³/mol. The molecule has 4 rings (SSSR count). The molecule has 2 unspecified atom stereocenters. The fraction of sp³-hybridized carbons (Fsp3) is 0.606. The molecule has 5 atom stereocenters. The van der Waals surface area contributed by atoms with Crippen LogP contribution >= 0.6 is 0 Å². The molecule has 2 amide bonds. The highest BCUT2D eigenvalue weighted by Crippen LogP contribution is 2.64. The molecule has 0 radical (unpaired) electrons. The molecule has 3 heterocycles. The van der Waals surface area contributed by atoms with Crippen LogP contribution in [0.5, 0.6) is 0 Å². The van der Waals surface area contributed by atoms with Crippen molar-refractivity contribution in [3.8, 4) is 0 Å². The van der Waals surface area contributed by atoms with E-state index in [1.165, 1.54) is 0 Å². The quantitative estimate of drug-likeness (QED) is 0.178. The number of fused-ring (bicyclic) bond motifs is 1. The van der Waals surface area contributed by atoms with E-state index in [-0.39, 0.29) is 38.1 Å². The number of carbonyl (C=O) groups excluding carboxylic acids is 3. The van der Waals surface area contributed by atoms with Gasteiger partial charge in [-0.05, 0) is 76.6 Å². The summed E-state index contributed by atoms with van der Waals surface area (Å²) in [5.74, 6) is -2.60. The molecule has 3 fully saturated rings. The first kappa shape index (κ1) is 31.8. The number of aliphatic hydroxyl groups is 1. The molecule has 1 aromatic rings. The van der Waals surface area contributed by atoms with Gasteiger partial charge in [0, 0.05) is 44.2 Å². The SMILES string of the molecule is C=CCCCOC(=O)[C@H]1[C@H]2C(=O)N(CCCO)C(C(=O)N(CC=C)c3ccc(N(CC)CC)cc3)C23CC[C@]1(CC)O3. The van der Waals surface area contributed by atoms with E-state index in [1.54, 1.807) is 22.0 Å². The number of carbonyl (C=O) groups is 3. The van der Waals surface area contributed by atoms with Crippen LogP contribution in [0.15, 0.2) is 49.6 Å². The van der Waals surface area contributed by atoms with Crippen molar-refractivity contribution in [3.05, 3.63) is 49.6 Å². The van der Waals surface area contributed by atoms with Crippen molar-refractivity contribution in [1.29, 1.82) is 0 Å². The van der Waals surface area contributed by atoms with E-state index < -0.39 is 35.0 Å². The zero-order chi connectivity index (χ0) is 30.5. The Kier molecular flexibility index (Phi) is 10.1. The fourth-order valence-corrected chi connectivity index (χ4v) is 7.36. The second-order valence-electron chi connectivity index (χ2n) is 11.5. The van der Waals surface area contributed by atoms with Gasteiger partial charge in [-0.3, -0.25) is 14.4 Å². The molecule has 3 saturated heterocycles. The maximum Gasteiger partial charge on any atom is 0.312 e. The van der Waals surface area contributed by atoms with Crippen LogP contribution < -0.4 is 9.80 Å². The average molecular weight is 582 g/mol. The van der Waals surface area contributed by atoms with E-state index in [4.69, 9.17) is 9.47 Å². The van der Waals surface area contributed by atoms with Gasteiger partial charge in [0.15, 0.2) is 0 Å². The summed E-state index contributed by atoms with van der Waals surface area (Å²) in [4.78, 5) is 47.8. The minimum absolute atomic E-state index is 0.125. The Balaban J connectivity index is 1.72. The first-order valence-corrected chi connectivity index (χ1v) is 15.4. The number of anilines is 2. The predicted octanol–water partition coefficient (Wildman–Crippen LogP) is 4.10. The van der Waals surface area contributed by atoms with Crippen molar-refractivity contribution in [2.45, 2.75) is 76.5 Å². The van der Waals surface area contributed by atoms with Gasteiger partial charge < -0.3 is 29.3 Å². The summed E-state index contributed by atoms with van der Waals surface area (Å²) in [6.45, 7) is 16.1. The van der Waals surface area contributed by atoms with Gasteiger partial charge in [-0.15, -0.1) is 13.2 Å². The maximum absolute atomic E-state index is 14.6. The number of benzene rings is 1. The number of ether oxygens (including phenoxy) is 2. The molecule has 42 heavy (non-hydrogen) atoms. The summed E-state index contributed by atoms with van der Waals surface area (Å²) in [6, 6.07) is 6.90. The lowest BCUT2D eigenvalue weighted by molar-refractivity contribution is -0.161. The third kappa shape index (κ3) is 5.37. The molecular formula is C33H47N3O6. The average Bonchev–Trinajstić information content (AvgIpc) is 3.61. The number of nitrogens with zero attached hydrogens (tertiary/aromatic N) is 3. The van der Waals surface area contributed by atoms with Gasteiger partial charge in [0.1, 0.15) is 17.6 Å². The number of allylic oxidation sites excluding steroid dienone is 1. The number of rotatable bonds is 16. The molecule has 3 aliphatic rings. The minimum Gasteiger partial charge on any atom is -0.465 e. The van der Waals surface area contributed by atoms with Crippen LogP contribution in [0.1, 0.15) is 59.3 Å². The summed E-state index contributed by atoms with van der Waals surface area (Å²) in [5, 5.41) is 9.65. The largest absolute Gasteiger partial charge is 0.465 e. The standard InChI is InChI=1S/C33H47N3O6/c1-6-11-12-23-41-31(40)27-26-29(38)36(21-13-22-37)28(33(26)19-18-32(27,8-3)42-33)30(39)35(20-7-2)25-16-14-24(15-17-25)34(9-4)10-5/h6-7,14-17,26-28,37H,1-2,8-13,18-23H2,3-5H3/t26-,27+,28?,32-,33?/m0/s1. The third-order valence-electron chi connectivity index (χ3n) is 9.39. The smallest absolute Gasteiger partial charge is 0.312 e. The van der Waals surface area contributed by atoms with E-state index in [0.717, 1.165) is 25.2 Å². The Morgan fingerprint density at radius 1 is 1.10 bits per heavy atom. The first-order chi connectivity index (χ1) is 20.3. The number of unbranched alkanes of at least 4 members (excludes halogenated alkanes) is 1. The van der Waals surface area contributed by atoms with Gasteiger partial charge in [-0.25, -0.2) is 0 Å². The molecular weight excluding hydrogens is 534 g/mol. The van der Waals surface area contributed by atoms with Crippen LogP contribution in [-0.2, 0) is 23.9 Å². The van der Waals surface area contributed by atoms with E-state index in [2.05, 4.69) is 31.9 Å². The monoisotopic (exact) mass is 581 g/mol. The van der Waals surface area contributed by atoms with Crippen LogP contribution in [0.2, 0.25) is 0 Å². The highest BCUT2D eigenvalue weighted by atomic mass is 16.6. The molecule has 0 saturated carbocycles. The topological polar surface area (TPSA) is 99.6 Å². The van der Waals surface area contributed by atoms with Gasteiger partial charge in [0.2, 0.25) is 5.91 Å². The van der Waals surface area contributed by atoms with E-state index in [9.17, 15) is 19.5 Å². The Morgan fingerprint density at radius 2 is 1.79 bits per heavy atom. The van der Waals surface area contributed by atoms with Crippen LogP contribution in [0, 0.1) is 11.8 Å². The van der Waals surface area contributed by atoms with Gasteiger partial charge in [0.25, 0.3) is 5.91 Å². The lowest BCUT2D eigenvalue weighted by Gasteiger charge is -2.37. The lowest BCUT2D eigenvalue weighted by atomic mass is 9.65. The molecule has 0 aromatic heterocycles. The molecule has 1 N–H and O–H groups in total. The number of hydrogen-bond acceptors (Lipinski definition) is 7. The normalized spacial score (nSPS) is 27.6. The summed E-state index contributed by atoms with van der Waals surface area (Å²) in [5.41, 5.74) is -0.246. The summed E-state index contributed by atoms with van der Waals surface area (Å²) < 4.78 is 12.5. The number of hydrogen-bond donors (Lipinski definition) is 1. The van der Waals surface area contributed by atoms with Crippen molar-refractivity contribution in [3.63, 3.8) is 0 Å². The van der Waals surface area contributed by atoms with Crippen molar-refractivity contribution in [1.82, 2.24) is 4.90 Å². The van der Waals surface area contributed by atoms with Crippen molar-refractivity contribution < 1.29 is 29.0 Å². The first-order valence-electron chi connectivity index (χ1n) is 15.4. The van der Waals surface area contributed by atoms with Crippen LogP contribution in [0.3, 0.4) is 0 Å². The van der Waals surface area contributed by atoms with Crippen LogP contribution in [-0.4, -0.2) is 84.4 Å². The summed E-state index contributed by atoms with van der Waals surface area (Å²) >= 11 is 0. The Labute approximate surface area is 250 Å². The Morgan fingerprint density at radius 3 is 2.38 bits per heavy atom. The van der Waals surface area contributed by atoms with Crippen molar-refractivity contribution >= 4 is 29.2 Å². The zero-order valence-electron chi connectivity index (χ0n) is 25.4. The molecule has 230 valence electrons. The fourth-order valence-electron chi connectivity index (χ4n) is 7.36. The second-order valence-corrected chi connectivity index (χ2v) is 11.5.